The fraction of sp³-hybridized carbons (Fsp3) is 0.476. The summed E-state index contributed by atoms with van der Waals surface area (Å²) < 4.78 is 5.01. The summed E-state index contributed by atoms with van der Waals surface area (Å²) in [6, 6.07) is 7.00. The molecule has 0 saturated carbocycles. The number of amides is 1. The Balaban J connectivity index is 2.37. The maximum atomic E-state index is 12.5. The van der Waals surface area contributed by atoms with Crippen molar-refractivity contribution in [1.82, 2.24) is 10.2 Å². The highest BCUT2D eigenvalue weighted by molar-refractivity contribution is 7.80. The van der Waals surface area contributed by atoms with Gasteiger partial charge in [-0.25, -0.2) is 4.79 Å². The molecule has 0 saturated heterocycles. The van der Waals surface area contributed by atoms with Gasteiger partial charge in [-0.15, -0.1) is 0 Å². The highest BCUT2D eigenvalue weighted by atomic mass is 32.1. The van der Waals surface area contributed by atoms with E-state index in [0.717, 1.165) is 11.3 Å². The molecule has 6 nitrogen and oxygen atoms in total. The maximum absolute atomic E-state index is 12.5. The highest BCUT2D eigenvalue weighted by Crippen LogP contribution is 2.32. The van der Waals surface area contributed by atoms with Crippen LogP contribution in [0.25, 0.3) is 0 Å². The lowest BCUT2D eigenvalue weighted by atomic mass is 9.92. The molecule has 0 aliphatic carbocycles. The molecule has 0 bridgehead atoms. The monoisotopic (exact) mass is 403 g/mol. The van der Waals surface area contributed by atoms with Gasteiger partial charge in [0.15, 0.2) is 5.11 Å². The Morgan fingerprint density at radius 3 is 2.57 bits per heavy atom. The summed E-state index contributed by atoms with van der Waals surface area (Å²) in [5.74, 6) is -0.452. The minimum atomic E-state index is -0.442. The van der Waals surface area contributed by atoms with Crippen molar-refractivity contribution in [3.63, 3.8) is 0 Å². The zero-order valence-electron chi connectivity index (χ0n) is 17.4. The fourth-order valence-electron chi connectivity index (χ4n) is 3.27. The van der Waals surface area contributed by atoms with E-state index in [-0.39, 0.29) is 11.3 Å². The number of esters is 1. The molecule has 152 valence electrons. The molecular formula is C21H29N3O3S. The third kappa shape index (κ3) is 5.10. The molecule has 1 aromatic rings. The van der Waals surface area contributed by atoms with Crippen molar-refractivity contribution in [3.8, 4) is 0 Å². The van der Waals surface area contributed by atoms with Crippen LogP contribution in [0.1, 0.15) is 52.6 Å². The lowest BCUT2D eigenvalue weighted by Gasteiger charge is -2.37. The Morgan fingerprint density at radius 1 is 1.32 bits per heavy atom. The van der Waals surface area contributed by atoms with Crippen LogP contribution in [0.5, 0.6) is 0 Å². The van der Waals surface area contributed by atoms with Crippen LogP contribution in [-0.2, 0) is 14.3 Å². The predicted molar refractivity (Wildman–Crippen MR) is 115 cm³/mol. The van der Waals surface area contributed by atoms with Crippen molar-refractivity contribution >= 4 is 34.9 Å². The molecule has 0 unspecified atom stereocenters. The molecule has 7 heteroatoms. The van der Waals surface area contributed by atoms with Gasteiger partial charge in [-0.3, -0.25) is 4.79 Å². The van der Waals surface area contributed by atoms with Crippen LogP contribution in [0, 0.1) is 5.41 Å². The van der Waals surface area contributed by atoms with Crippen molar-refractivity contribution in [1.29, 1.82) is 0 Å². The Kier molecular flexibility index (Phi) is 6.82. The van der Waals surface area contributed by atoms with Gasteiger partial charge in [0.05, 0.1) is 18.7 Å². The van der Waals surface area contributed by atoms with E-state index in [1.807, 2.05) is 63.8 Å². The maximum Gasteiger partial charge on any atom is 0.337 e. The second-order valence-corrected chi connectivity index (χ2v) is 8.42. The highest BCUT2D eigenvalue weighted by Gasteiger charge is 2.34. The summed E-state index contributed by atoms with van der Waals surface area (Å²) in [6.07, 6.45) is 0.418. The molecule has 0 aromatic heterocycles. The number of carbonyl (C=O) groups excluding carboxylic acids is 2. The van der Waals surface area contributed by atoms with Gasteiger partial charge in [0, 0.05) is 24.4 Å². The SMILES string of the molecule is CCN1C(=S)N[C@@H](c2cccc(NC(=O)CC(C)(C)C)c2)C(C(=O)OC)=C1C. The summed E-state index contributed by atoms with van der Waals surface area (Å²) in [6.45, 7) is 10.5. The average molecular weight is 404 g/mol. The van der Waals surface area contributed by atoms with Crippen LogP contribution in [0.2, 0.25) is 0 Å². The Morgan fingerprint density at radius 2 is 2.00 bits per heavy atom. The average Bonchev–Trinajstić information content (AvgIpc) is 2.59. The summed E-state index contributed by atoms with van der Waals surface area (Å²) in [4.78, 5) is 26.6. The summed E-state index contributed by atoms with van der Waals surface area (Å²) in [7, 11) is 1.37. The number of methoxy groups -OCH3 is 1. The van der Waals surface area contributed by atoms with Gasteiger partial charge < -0.3 is 20.3 Å². The standard InChI is InChI=1S/C21H29N3O3S/c1-7-24-13(2)17(19(26)27-6)18(23-20(24)28)14-9-8-10-15(11-14)22-16(25)12-21(3,4)5/h8-11,18H,7,12H2,1-6H3,(H,22,25)(H,23,28)/t18-/m0/s1. The van der Waals surface area contributed by atoms with Gasteiger partial charge in [-0.05, 0) is 49.2 Å². The van der Waals surface area contributed by atoms with Crippen molar-refractivity contribution in [3.05, 3.63) is 41.1 Å². The Labute approximate surface area is 172 Å². The quantitative estimate of drug-likeness (QED) is 0.576. The Hall–Kier alpha value is -2.41. The van der Waals surface area contributed by atoms with Crippen LogP contribution in [0.3, 0.4) is 0 Å². The third-order valence-corrected chi connectivity index (χ3v) is 4.85. The molecule has 1 amide bonds. The molecule has 1 atom stereocenters. The first-order valence-corrected chi connectivity index (χ1v) is 9.75. The van der Waals surface area contributed by atoms with E-state index in [4.69, 9.17) is 17.0 Å². The number of carbonyl (C=O) groups is 2. The zero-order chi connectivity index (χ0) is 21.1. The molecule has 2 N–H and O–H groups in total. The van der Waals surface area contributed by atoms with E-state index in [0.29, 0.717) is 29.3 Å². The van der Waals surface area contributed by atoms with Crippen LogP contribution in [0.4, 0.5) is 5.69 Å². The molecule has 0 spiro atoms. The number of ether oxygens (including phenoxy) is 1. The fourth-order valence-corrected chi connectivity index (χ4v) is 3.65. The molecular weight excluding hydrogens is 374 g/mol. The number of nitrogens with zero attached hydrogens (tertiary/aromatic N) is 1. The molecule has 0 fully saturated rings. The first-order chi connectivity index (χ1) is 13.1. The second-order valence-electron chi connectivity index (χ2n) is 8.03. The predicted octanol–water partition coefficient (Wildman–Crippen LogP) is 3.76. The van der Waals surface area contributed by atoms with Crippen molar-refractivity contribution in [2.45, 2.75) is 47.1 Å². The van der Waals surface area contributed by atoms with Gasteiger partial charge >= 0.3 is 5.97 Å². The van der Waals surface area contributed by atoms with Gasteiger partial charge in [0.25, 0.3) is 0 Å². The smallest absolute Gasteiger partial charge is 0.337 e. The zero-order valence-corrected chi connectivity index (χ0v) is 18.2. The topological polar surface area (TPSA) is 70.7 Å². The van der Waals surface area contributed by atoms with E-state index in [9.17, 15) is 9.59 Å². The molecule has 0 radical (unpaired) electrons. The molecule has 1 aromatic carbocycles. The van der Waals surface area contributed by atoms with Crippen LogP contribution in [0.15, 0.2) is 35.5 Å². The molecule has 1 heterocycles. The van der Waals surface area contributed by atoms with E-state index in [1.54, 1.807) is 0 Å². The molecule has 1 aliphatic heterocycles. The van der Waals surface area contributed by atoms with Crippen LogP contribution in [-0.4, -0.2) is 35.5 Å². The lowest BCUT2D eigenvalue weighted by Crippen LogP contribution is -2.47. The van der Waals surface area contributed by atoms with E-state index in [1.165, 1.54) is 7.11 Å². The lowest BCUT2D eigenvalue weighted by molar-refractivity contribution is -0.136. The first kappa shape index (κ1) is 21.9. The minimum absolute atomic E-state index is 0.0474. The minimum Gasteiger partial charge on any atom is -0.466 e. The second kappa shape index (κ2) is 8.73. The van der Waals surface area contributed by atoms with Gasteiger partial charge in [-0.1, -0.05) is 32.9 Å². The number of rotatable bonds is 5. The van der Waals surface area contributed by atoms with Gasteiger partial charge in [0.2, 0.25) is 5.91 Å². The summed E-state index contributed by atoms with van der Waals surface area (Å²) >= 11 is 5.48. The number of allylic oxidation sites excluding steroid dienone is 1. The van der Waals surface area contributed by atoms with Crippen LogP contribution < -0.4 is 10.6 Å². The Bertz CT molecular complexity index is 811. The number of hydrogen-bond acceptors (Lipinski definition) is 4. The van der Waals surface area contributed by atoms with Crippen molar-refractivity contribution < 1.29 is 14.3 Å². The van der Waals surface area contributed by atoms with E-state index < -0.39 is 12.0 Å². The third-order valence-electron chi connectivity index (χ3n) is 4.51. The summed E-state index contributed by atoms with van der Waals surface area (Å²) in [5.41, 5.74) is 2.69. The van der Waals surface area contributed by atoms with Gasteiger partial charge in [-0.2, -0.15) is 0 Å². The van der Waals surface area contributed by atoms with Crippen molar-refractivity contribution in [2.24, 2.45) is 5.41 Å². The largest absolute Gasteiger partial charge is 0.466 e. The van der Waals surface area contributed by atoms with E-state index in [2.05, 4.69) is 10.6 Å². The normalized spacial score (nSPS) is 17.3. The molecule has 28 heavy (non-hydrogen) atoms. The number of nitrogens with one attached hydrogen (secondary N) is 2. The van der Waals surface area contributed by atoms with Gasteiger partial charge in [0.1, 0.15) is 0 Å². The van der Waals surface area contributed by atoms with Crippen LogP contribution >= 0.6 is 12.2 Å². The summed E-state index contributed by atoms with van der Waals surface area (Å²) in [5, 5.41) is 6.73. The number of thiocarbonyl (C=S) groups is 1. The molecule has 2 rings (SSSR count). The van der Waals surface area contributed by atoms with Crippen molar-refractivity contribution in [2.75, 3.05) is 19.0 Å². The number of benzene rings is 1. The first-order valence-electron chi connectivity index (χ1n) is 9.34. The number of anilines is 1. The number of hydrogen-bond donors (Lipinski definition) is 2. The molecule has 1 aliphatic rings. The van der Waals surface area contributed by atoms with E-state index >= 15 is 0 Å².